The molecule has 3 rings (SSSR count). The molecule has 0 bridgehead atoms. The van der Waals surface area contributed by atoms with Crippen LogP contribution in [0.4, 0.5) is 0 Å². The van der Waals surface area contributed by atoms with Gasteiger partial charge in [-0.05, 0) is 37.3 Å². The average molecular weight is 279 g/mol. The van der Waals surface area contributed by atoms with Crippen molar-refractivity contribution in [2.45, 2.75) is 32.4 Å². The van der Waals surface area contributed by atoms with E-state index in [4.69, 9.17) is 17.3 Å². The minimum absolute atomic E-state index is 0.187. The minimum atomic E-state index is 0.187. The molecular formula is C14H19ClN4. The third-order valence-electron chi connectivity index (χ3n) is 3.90. The number of nitrogens with two attached hydrogens (primary N) is 1. The average Bonchev–Trinajstić information content (AvgIpc) is 3.08. The van der Waals surface area contributed by atoms with Crippen LogP contribution in [0.3, 0.4) is 0 Å². The molecule has 2 aromatic heterocycles. The van der Waals surface area contributed by atoms with Crippen LogP contribution in [0.1, 0.15) is 35.7 Å². The molecule has 4 nitrogen and oxygen atoms in total. The van der Waals surface area contributed by atoms with E-state index in [0.717, 1.165) is 17.8 Å². The Kier molecular flexibility index (Phi) is 3.15. The number of halogens is 1. The van der Waals surface area contributed by atoms with Gasteiger partial charge in [-0.15, -0.1) is 0 Å². The van der Waals surface area contributed by atoms with Crippen molar-refractivity contribution in [3.05, 3.63) is 40.4 Å². The summed E-state index contributed by atoms with van der Waals surface area (Å²) in [5, 5.41) is 5.04. The molecule has 5 heteroatoms. The van der Waals surface area contributed by atoms with Gasteiger partial charge in [0.25, 0.3) is 0 Å². The summed E-state index contributed by atoms with van der Waals surface area (Å²) >= 11 is 6.26. The normalized spacial score (nSPS) is 16.8. The second-order valence-electron chi connectivity index (χ2n) is 5.46. The van der Waals surface area contributed by atoms with Gasteiger partial charge in [0.2, 0.25) is 0 Å². The van der Waals surface area contributed by atoms with Crippen LogP contribution in [0.25, 0.3) is 0 Å². The van der Waals surface area contributed by atoms with Gasteiger partial charge in [0.05, 0.1) is 12.2 Å². The number of aromatic nitrogens is 3. The summed E-state index contributed by atoms with van der Waals surface area (Å²) in [6.45, 7) is 2.73. The van der Waals surface area contributed by atoms with E-state index in [2.05, 4.69) is 28.1 Å². The van der Waals surface area contributed by atoms with E-state index >= 15 is 0 Å². The third-order valence-corrected chi connectivity index (χ3v) is 4.37. The van der Waals surface area contributed by atoms with Crippen molar-refractivity contribution in [2.75, 3.05) is 0 Å². The molecule has 0 spiro atoms. The first kappa shape index (κ1) is 12.8. The Bertz CT molecular complexity index is 595. The van der Waals surface area contributed by atoms with E-state index in [1.165, 1.54) is 18.4 Å². The zero-order valence-corrected chi connectivity index (χ0v) is 12.1. The number of nitrogens with zero attached hydrogens (tertiary/aromatic N) is 3. The Labute approximate surface area is 118 Å². The Hall–Kier alpha value is -1.26. The van der Waals surface area contributed by atoms with E-state index in [1.807, 2.05) is 14.0 Å². The summed E-state index contributed by atoms with van der Waals surface area (Å²) in [7, 11) is 1.86. The first-order chi connectivity index (χ1) is 9.06. The highest BCUT2D eigenvalue weighted by molar-refractivity contribution is 6.30. The van der Waals surface area contributed by atoms with Crippen molar-refractivity contribution in [2.24, 2.45) is 18.7 Å². The first-order valence-corrected chi connectivity index (χ1v) is 7.03. The molecule has 2 aromatic rings. The lowest BCUT2D eigenvalue weighted by molar-refractivity contribution is 0.630. The van der Waals surface area contributed by atoms with Gasteiger partial charge in [-0.1, -0.05) is 11.6 Å². The molecule has 102 valence electrons. The van der Waals surface area contributed by atoms with E-state index in [9.17, 15) is 0 Å². The molecule has 0 amide bonds. The molecule has 2 heterocycles. The second-order valence-corrected chi connectivity index (χ2v) is 5.82. The highest BCUT2D eigenvalue weighted by atomic mass is 35.5. The van der Waals surface area contributed by atoms with Gasteiger partial charge in [-0.3, -0.25) is 4.68 Å². The fraction of sp³-hybridized carbons (Fsp3) is 0.500. The number of aryl methyl sites for hydroxylation is 2. The lowest BCUT2D eigenvalue weighted by atomic mass is 10.1. The Morgan fingerprint density at radius 3 is 2.84 bits per heavy atom. The molecule has 1 aliphatic rings. The summed E-state index contributed by atoms with van der Waals surface area (Å²) < 4.78 is 3.85. The lowest BCUT2D eigenvalue weighted by Crippen LogP contribution is -2.11. The molecule has 19 heavy (non-hydrogen) atoms. The number of hydrogen-bond donors (Lipinski definition) is 1. The quantitative estimate of drug-likeness (QED) is 0.935. The smallest absolute Gasteiger partial charge is 0.131 e. The summed E-state index contributed by atoms with van der Waals surface area (Å²) in [4.78, 5) is 0. The maximum Gasteiger partial charge on any atom is 0.131 e. The summed E-state index contributed by atoms with van der Waals surface area (Å²) in [6, 6.07) is 2.30. The maximum absolute atomic E-state index is 6.26. The van der Waals surface area contributed by atoms with Crippen LogP contribution in [0.15, 0.2) is 18.5 Å². The standard InChI is InChI=1S/C14H19ClN4/c1-9-12(14(15)18(2)17-9)8-19-6-5-11(7-19)13(16)10-3-4-10/h5-7,10,13H,3-4,8,16H2,1-2H3. The molecule has 0 radical (unpaired) electrons. The van der Waals surface area contributed by atoms with Crippen LogP contribution in [-0.4, -0.2) is 14.3 Å². The predicted octanol–water partition coefficient (Wildman–Crippen LogP) is 2.64. The van der Waals surface area contributed by atoms with Crippen LogP contribution in [0.5, 0.6) is 0 Å². The van der Waals surface area contributed by atoms with Crippen molar-refractivity contribution in [3.63, 3.8) is 0 Å². The zero-order valence-electron chi connectivity index (χ0n) is 11.3. The van der Waals surface area contributed by atoms with Crippen molar-refractivity contribution >= 4 is 11.6 Å². The molecule has 0 saturated heterocycles. The van der Waals surface area contributed by atoms with Crippen LogP contribution in [-0.2, 0) is 13.6 Å². The Morgan fingerprint density at radius 2 is 2.26 bits per heavy atom. The SMILES string of the molecule is Cc1nn(C)c(Cl)c1Cn1ccc(C(N)C2CC2)c1. The summed E-state index contributed by atoms with van der Waals surface area (Å²) in [6.07, 6.45) is 6.73. The van der Waals surface area contributed by atoms with E-state index in [1.54, 1.807) is 4.68 Å². The third kappa shape index (κ3) is 2.42. The highest BCUT2D eigenvalue weighted by Gasteiger charge is 2.29. The van der Waals surface area contributed by atoms with Crippen molar-refractivity contribution in [3.8, 4) is 0 Å². The van der Waals surface area contributed by atoms with Gasteiger partial charge >= 0.3 is 0 Å². The van der Waals surface area contributed by atoms with Gasteiger partial charge in [0.15, 0.2) is 0 Å². The molecule has 1 atom stereocenters. The molecule has 1 unspecified atom stereocenters. The molecule has 1 fully saturated rings. The van der Waals surface area contributed by atoms with Crippen LogP contribution >= 0.6 is 11.6 Å². The summed E-state index contributed by atoms with van der Waals surface area (Å²) in [5.74, 6) is 0.680. The molecule has 0 aromatic carbocycles. The highest BCUT2D eigenvalue weighted by Crippen LogP contribution is 2.39. The molecule has 1 saturated carbocycles. The lowest BCUT2D eigenvalue weighted by Gasteiger charge is -2.07. The van der Waals surface area contributed by atoms with Gasteiger partial charge in [-0.2, -0.15) is 5.10 Å². The number of hydrogen-bond acceptors (Lipinski definition) is 2. The minimum Gasteiger partial charge on any atom is -0.349 e. The van der Waals surface area contributed by atoms with Crippen LogP contribution < -0.4 is 5.73 Å². The van der Waals surface area contributed by atoms with E-state index < -0.39 is 0 Å². The molecular weight excluding hydrogens is 260 g/mol. The first-order valence-electron chi connectivity index (χ1n) is 6.65. The van der Waals surface area contributed by atoms with Crippen molar-refractivity contribution in [1.82, 2.24) is 14.3 Å². The molecule has 0 aliphatic heterocycles. The van der Waals surface area contributed by atoms with Gasteiger partial charge in [-0.25, -0.2) is 0 Å². The van der Waals surface area contributed by atoms with Crippen LogP contribution in [0, 0.1) is 12.8 Å². The Balaban J connectivity index is 1.79. The van der Waals surface area contributed by atoms with E-state index in [0.29, 0.717) is 11.1 Å². The fourth-order valence-electron chi connectivity index (χ4n) is 2.52. The predicted molar refractivity (Wildman–Crippen MR) is 76.1 cm³/mol. The number of rotatable bonds is 4. The Morgan fingerprint density at radius 1 is 1.53 bits per heavy atom. The maximum atomic E-state index is 6.26. The van der Waals surface area contributed by atoms with Gasteiger partial charge < -0.3 is 10.3 Å². The van der Waals surface area contributed by atoms with Gasteiger partial charge in [0, 0.05) is 31.0 Å². The second kappa shape index (κ2) is 4.69. The topological polar surface area (TPSA) is 48.8 Å². The zero-order chi connectivity index (χ0) is 13.6. The van der Waals surface area contributed by atoms with Crippen molar-refractivity contribution < 1.29 is 0 Å². The molecule has 1 aliphatic carbocycles. The molecule has 2 N–H and O–H groups in total. The van der Waals surface area contributed by atoms with Crippen LogP contribution in [0.2, 0.25) is 5.15 Å². The van der Waals surface area contributed by atoms with Crippen molar-refractivity contribution in [1.29, 1.82) is 0 Å². The van der Waals surface area contributed by atoms with Gasteiger partial charge in [0.1, 0.15) is 5.15 Å². The fourth-order valence-corrected chi connectivity index (χ4v) is 2.75. The largest absolute Gasteiger partial charge is 0.349 e. The van der Waals surface area contributed by atoms with E-state index in [-0.39, 0.29) is 6.04 Å². The monoisotopic (exact) mass is 278 g/mol. The summed E-state index contributed by atoms with van der Waals surface area (Å²) in [5.41, 5.74) is 9.49.